The second-order valence-electron chi connectivity index (χ2n) is 6.04. The van der Waals surface area contributed by atoms with E-state index in [4.69, 9.17) is 28.3 Å². The smallest absolute Gasteiger partial charge is 0.180 e. The fourth-order valence-electron chi connectivity index (χ4n) is 2.85. The molecule has 8 heteroatoms. The molecule has 1 N–H and O–H groups in total. The van der Waals surface area contributed by atoms with Crippen molar-refractivity contribution < 1.29 is 13.5 Å². The fourth-order valence-corrected chi connectivity index (χ4v) is 4.26. The van der Waals surface area contributed by atoms with Crippen molar-refractivity contribution in [2.45, 2.75) is 18.2 Å². The number of halogens is 2. The molecule has 0 aromatic heterocycles. The number of anilines is 1. The Morgan fingerprint density at radius 1 is 1.15 bits per heavy atom. The summed E-state index contributed by atoms with van der Waals surface area (Å²) in [5.74, 6) is -0.283. The third-order valence-electron chi connectivity index (χ3n) is 4.23. The summed E-state index contributed by atoms with van der Waals surface area (Å²) < 4.78 is 23.9. The SMILES string of the molecule is Cc1cc(Cl)c(Cl)cc1C1=NN(c2ccc(S(=O)(=O)CCO)cc2)CC1. The predicted molar refractivity (Wildman–Crippen MR) is 105 cm³/mol. The van der Waals surface area contributed by atoms with Gasteiger partial charge in [-0.25, -0.2) is 8.42 Å². The van der Waals surface area contributed by atoms with Crippen LogP contribution in [0.5, 0.6) is 0 Å². The number of rotatable bonds is 5. The van der Waals surface area contributed by atoms with E-state index in [1.165, 1.54) is 12.1 Å². The Balaban J connectivity index is 1.85. The van der Waals surface area contributed by atoms with Gasteiger partial charge in [-0.1, -0.05) is 23.2 Å². The first-order valence-corrected chi connectivity index (χ1v) is 10.5. The maximum Gasteiger partial charge on any atom is 0.180 e. The minimum atomic E-state index is -3.45. The van der Waals surface area contributed by atoms with Crippen LogP contribution < -0.4 is 5.01 Å². The molecule has 1 heterocycles. The molecule has 1 aliphatic heterocycles. The van der Waals surface area contributed by atoms with Gasteiger partial charge in [0.15, 0.2) is 9.84 Å². The van der Waals surface area contributed by atoms with Crippen LogP contribution >= 0.6 is 23.2 Å². The van der Waals surface area contributed by atoms with Crippen molar-refractivity contribution in [3.63, 3.8) is 0 Å². The summed E-state index contributed by atoms with van der Waals surface area (Å²) in [6.45, 7) is 2.26. The number of hydrogen-bond acceptors (Lipinski definition) is 5. The van der Waals surface area contributed by atoms with E-state index in [1.807, 2.05) is 24.1 Å². The summed E-state index contributed by atoms with van der Waals surface area (Å²) in [5.41, 5.74) is 3.69. The van der Waals surface area contributed by atoms with E-state index < -0.39 is 16.4 Å². The molecule has 0 unspecified atom stereocenters. The molecule has 1 aliphatic rings. The van der Waals surface area contributed by atoms with Gasteiger partial charge in [0.25, 0.3) is 0 Å². The number of hydrogen-bond donors (Lipinski definition) is 1. The Kier molecular flexibility index (Phi) is 5.58. The molecule has 3 rings (SSSR count). The normalized spacial score (nSPS) is 14.6. The third-order valence-corrected chi connectivity index (χ3v) is 6.67. The molecule has 0 amide bonds. The van der Waals surface area contributed by atoms with Crippen molar-refractivity contribution in [3.8, 4) is 0 Å². The first-order chi connectivity index (χ1) is 12.3. The molecule has 2 aromatic rings. The monoisotopic (exact) mass is 412 g/mol. The minimum Gasteiger partial charge on any atom is -0.395 e. The molecule has 0 aliphatic carbocycles. The molecule has 0 saturated carbocycles. The highest BCUT2D eigenvalue weighted by atomic mass is 35.5. The van der Waals surface area contributed by atoms with Crippen LogP contribution in [0, 0.1) is 6.92 Å². The number of nitrogens with zero attached hydrogens (tertiary/aromatic N) is 2. The summed E-state index contributed by atoms with van der Waals surface area (Å²) in [5, 5.41) is 16.4. The Morgan fingerprint density at radius 3 is 2.46 bits per heavy atom. The van der Waals surface area contributed by atoms with Crippen molar-refractivity contribution in [1.29, 1.82) is 0 Å². The molecule has 0 saturated heterocycles. The van der Waals surface area contributed by atoms with Gasteiger partial charge in [0.1, 0.15) is 0 Å². The van der Waals surface area contributed by atoms with Crippen LogP contribution in [0.15, 0.2) is 46.4 Å². The lowest BCUT2D eigenvalue weighted by Gasteiger charge is -2.14. The molecule has 5 nitrogen and oxygen atoms in total. The van der Waals surface area contributed by atoms with E-state index in [0.717, 1.165) is 28.9 Å². The zero-order chi connectivity index (χ0) is 18.9. The number of benzene rings is 2. The molecule has 0 atom stereocenters. The molecule has 138 valence electrons. The van der Waals surface area contributed by atoms with Crippen LogP contribution in [-0.4, -0.2) is 38.1 Å². The molecule has 26 heavy (non-hydrogen) atoms. The fraction of sp³-hybridized carbons (Fsp3) is 0.278. The number of aliphatic hydroxyl groups is 1. The largest absolute Gasteiger partial charge is 0.395 e. The molecule has 0 fully saturated rings. The Hall–Kier alpha value is -1.60. The van der Waals surface area contributed by atoms with Crippen LogP contribution in [-0.2, 0) is 9.84 Å². The maximum absolute atomic E-state index is 12.0. The Labute approximate surface area is 162 Å². The van der Waals surface area contributed by atoms with E-state index in [9.17, 15) is 8.42 Å². The van der Waals surface area contributed by atoms with Crippen LogP contribution in [0.4, 0.5) is 5.69 Å². The number of aryl methyl sites for hydroxylation is 1. The Morgan fingerprint density at radius 2 is 1.81 bits per heavy atom. The molecular formula is C18H18Cl2N2O3S. The predicted octanol–water partition coefficient (Wildman–Crippen LogP) is 3.68. The zero-order valence-corrected chi connectivity index (χ0v) is 16.4. The van der Waals surface area contributed by atoms with Crippen LogP contribution in [0.3, 0.4) is 0 Å². The lowest BCUT2D eigenvalue weighted by Crippen LogP contribution is -2.13. The van der Waals surface area contributed by atoms with Crippen molar-refractivity contribution in [2.24, 2.45) is 5.10 Å². The maximum atomic E-state index is 12.0. The number of aliphatic hydroxyl groups excluding tert-OH is 1. The van der Waals surface area contributed by atoms with Gasteiger partial charge in [0, 0.05) is 18.5 Å². The number of sulfone groups is 1. The second-order valence-corrected chi connectivity index (χ2v) is 8.96. The highest BCUT2D eigenvalue weighted by molar-refractivity contribution is 7.91. The van der Waals surface area contributed by atoms with Crippen molar-refractivity contribution in [2.75, 3.05) is 23.9 Å². The third kappa shape index (κ3) is 3.88. The van der Waals surface area contributed by atoms with Gasteiger partial charge in [0.05, 0.1) is 38.7 Å². The molecule has 0 radical (unpaired) electrons. The molecule has 2 aromatic carbocycles. The van der Waals surface area contributed by atoms with E-state index in [-0.39, 0.29) is 10.6 Å². The van der Waals surface area contributed by atoms with Crippen molar-refractivity contribution >= 4 is 44.4 Å². The summed E-state index contributed by atoms with van der Waals surface area (Å²) in [4.78, 5) is 0.194. The molecular weight excluding hydrogens is 395 g/mol. The highest BCUT2D eigenvalue weighted by Gasteiger charge is 2.20. The van der Waals surface area contributed by atoms with Gasteiger partial charge in [-0.15, -0.1) is 0 Å². The summed E-state index contributed by atoms with van der Waals surface area (Å²) in [6, 6.07) is 10.2. The molecule has 0 spiro atoms. The van der Waals surface area contributed by atoms with Gasteiger partial charge < -0.3 is 5.11 Å². The van der Waals surface area contributed by atoms with Crippen molar-refractivity contribution in [3.05, 3.63) is 57.6 Å². The van der Waals surface area contributed by atoms with E-state index in [0.29, 0.717) is 16.6 Å². The summed E-state index contributed by atoms with van der Waals surface area (Å²) >= 11 is 12.2. The lowest BCUT2D eigenvalue weighted by atomic mass is 10.0. The van der Waals surface area contributed by atoms with Crippen molar-refractivity contribution in [1.82, 2.24) is 0 Å². The van der Waals surface area contributed by atoms with E-state index in [2.05, 4.69) is 5.10 Å². The standard InChI is InChI=1S/C18H18Cl2N2O3S/c1-12-10-16(19)17(20)11-15(12)18-6-7-22(21-18)13-2-4-14(5-3-13)26(24,25)9-8-23/h2-5,10-11,23H,6-9H2,1H3. The topological polar surface area (TPSA) is 70.0 Å². The number of hydrazone groups is 1. The first-order valence-electron chi connectivity index (χ1n) is 8.06. The van der Waals surface area contributed by atoms with Crippen LogP contribution in [0.25, 0.3) is 0 Å². The highest BCUT2D eigenvalue weighted by Crippen LogP contribution is 2.29. The van der Waals surface area contributed by atoms with E-state index >= 15 is 0 Å². The average Bonchev–Trinajstić information content (AvgIpc) is 3.08. The average molecular weight is 413 g/mol. The second kappa shape index (κ2) is 7.56. The summed E-state index contributed by atoms with van der Waals surface area (Å²) in [7, 11) is -3.45. The zero-order valence-electron chi connectivity index (χ0n) is 14.1. The van der Waals surface area contributed by atoms with Gasteiger partial charge in [-0.05, 0) is 48.9 Å². The van der Waals surface area contributed by atoms with Gasteiger partial charge in [-0.2, -0.15) is 5.10 Å². The van der Waals surface area contributed by atoms with Crippen LogP contribution in [0.1, 0.15) is 17.5 Å². The first kappa shape index (κ1) is 19.2. The molecule has 0 bridgehead atoms. The quantitative estimate of drug-likeness (QED) is 0.812. The Bertz CT molecular complexity index is 957. The lowest BCUT2D eigenvalue weighted by molar-refractivity contribution is 0.319. The minimum absolute atomic E-state index is 0.194. The van der Waals surface area contributed by atoms with E-state index in [1.54, 1.807) is 12.1 Å². The van der Waals surface area contributed by atoms with Crippen LogP contribution in [0.2, 0.25) is 10.0 Å². The van der Waals surface area contributed by atoms with Gasteiger partial charge in [0.2, 0.25) is 0 Å². The summed E-state index contributed by atoms with van der Waals surface area (Å²) in [6.07, 6.45) is 0.753. The van der Waals surface area contributed by atoms with Gasteiger partial charge in [-0.3, -0.25) is 5.01 Å². The van der Waals surface area contributed by atoms with Gasteiger partial charge >= 0.3 is 0 Å².